The summed E-state index contributed by atoms with van der Waals surface area (Å²) in [7, 11) is 0. The maximum absolute atomic E-state index is 6.03. The summed E-state index contributed by atoms with van der Waals surface area (Å²) in [6.45, 7) is 1.80. The Morgan fingerprint density at radius 1 is 1.44 bits per heavy atom. The van der Waals surface area contributed by atoms with Gasteiger partial charge in [-0.3, -0.25) is 0 Å². The second-order valence-electron chi connectivity index (χ2n) is 3.61. The molecule has 0 bridgehead atoms. The minimum absolute atomic E-state index is 0.243. The standard InChI is InChI=1S/C11H12ClN3O/c1-7(13)11-14-10(15-16-11)6-8-4-2-3-5-9(8)12/h2-5,7H,6,13H2,1H3/t7-/m1/s1. The first-order chi connectivity index (χ1) is 7.66. The second-order valence-corrected chi connectivity index (χ2v) is 4.01. The van der Waals surface area contributed by atoms with Crippen molar-refractivity contribution < 1.29 is 4.52 Å². The zero-order valence-electron chi connectivity index (χ0n) is 8.85. The van der Waals surface area contributed by atoms with Crippen LogP contribution in [0.1, 0.15) is 30.2 Å². The van der Waals surface area contributed by atoms with E-state index >= 15 is 0 Å². The molecule has 2 rings (SSSR count). The van der Waals surface area contributed by atoms with Gasteiger partial charge in [-0.05, 0) is 18.6 Å². The van der Waals surface area contributed by atoms with Crippen LogP contribution in [0.2, 0.25) is 5.02 Å². The van der Waals surface area contributed by atoms with Gasteiger partial charge in [0, 0.05) is 11.4 Å². The van der Waals surface area contributed by atoms with Crippen molar-refractivity contribution in [2.24, 2.45) is 5.73 Å². The molecule has 0 saturated heterocycles. The first-order valence-electron chi connectivity index (χ1n) is 4.98. The quantitative estimate of drug-likeness (QED) is 0.890. The van der Waals surface area contributed by atoms with Gasteiger partial charge in [0.25, 0.3) is 0 Å². The third-order valence-corrected chi connectivity index (χ3v) is 2.55. The molecule has 0 saturated carbocycles. The minimum atomic E-state index is -0.243. The molecule has 0 radical (unpaired) electrons. The van der Waals surface area contributed by atoms with Gasteiger partial charge in [-0.1, -0.05) is 35.0 Å². The number of aromatic nitrogens is 2. The smallest absolute Gasteiger partial charge is 0.243 e. The van der Waals surface area contributed by atoms with E-state index in [9.17, 15) is 0 Å². The Hall–Kier alpha value is -1.39. The van der Waals surface area contributed by atoms with Crippen molar-refractivity contribution in [1.29, 1.82) is 0 Å². The molecule has 2 N–H and O–H groups in total. The average Bonchev–Trinajstić information content (AvgIpc) is 2.70. The van der Waals surface area contributed by atoms with Gasteiger partial charge in [-0.2, -0.15) is 4.98 Å². The van der Waals surface area contributed by atoms with E-state index < -0.39 is 0 Å². The van der Waals surface area contributed by atoms with Crippen LogP contribution >= 0.6 is 11.6 Å². The van der Waals surface area contributed by atoms with Crippen LogP contribution in [0.25, 0.3) is 0 Å². The van der Waals surface area contributed by atoms with E-state index in [1.54, 1.807) is 6.92 Å². The van der Waals surface area contributed by atoms with Crippen LogP contribution in [0.5, 0.6) is 0 Å². The van der Waals surface area contributed by atoms with Crippen LogP contribution in [0.4, 0.5) is 0 Å². The molecule has 16 heavy (non-hydrogen) atoms. The third kappa shape index (κ3) is 2.40. The van der Waals surface area contributed by atoms with Crippen LogP contribution < -0.4 is 5.73 Å². The fourth-order valence-corrected chi connectivity index (χ4v) is 1.54. The summed E-state index contributed by atoms with van der Waals surface area (Å²) in [4.78, 5) is 4.18. The van der Waals surface area contributed by atoms with Crippen LogP contribution in [-0.4, -0.2) is 10.1 Å². The molecule has 0 amide bonds. The molecule has 0 fully saturated rings. The maximum Gasteiger partial charge on any atom is 0.243 e. The number of hydrogen-bond donors (Lipinski definition) is 1. The molecule has 0 aliphatic heterocycles. The number of nitrogens with two attached hydrogens (primary N) is 1. The van der Waals surface area contributed by atoms with Gasteiger partial charge in [0.15, 0.2) is 5.82 Å². The van der Waals surface area contributed by atoms with Gasteiger partial charge in [0.1, 0.15) is 0 Å². The highest BCUT2D eigenvalue weighted by atomic mass is 35.5. The van der Waals surface area contributed by atoms with E-state index in [0.29, 0.717) is 23.2 Å². The zero-order valence-corrected chi connectivity index (χ0v) is 9.61. The molecule has 0 unspecified atom stereocenters. The number of benzene rings is 1. The highest BCUT2D eigenvalue weighted by Crippen LogP contribution is 2.18. The average molecular weight is 238 g/mol. The number of hydrogen-bond acceptors (Lipinski definition) is 4. The fourth-order valence-electron chi connectivity index (χ4n) is 1.34. The summed E-state index contributed by atoms with van der Waals surface area (Å²) in [5, 5.41) is 4.55. The molecule has 1 atom stereocenters. The van der Waals surface area contributed by atoms with Gasteiger partial charge in [-0.25, -0.2) is 0 Å². The highest BCUT2D eigenvalue weighted by molar-refractivity contribution is 6.31. The highest BCUT2D eigenvalue weighted by Gasteiger charge is 2.11. The molecular formula is C11H12ClN3O. The molecule has 0 spiro atoms. The molecule has 0 aliphatic carbocycles. The van der Waals surface area contributed by atoms with E-state index in [4.69, 9.17) is 21.9 Å². The van der Waals surface area contributed by atoms with Crippen molar-refractivity contribution in [3.8, 4) is 0 Å². The number of rotatable bonds is 3. The Bertz CT molecular complexity index is 482. The Morgan fingerprint density at radius 2 is 2.19 bits per heavy atom. The van der Waals surface area contributed by atoms with E-state index in [1.807, 2.05) is 24.3 Å². The molecule has 4 nitrogen and oxygen atoms in total. The number of nitrogens with zero attached hydrogens (tertiary/aromatic N) is 2. The van der Waals surface area contributed by atoms with Crippen LogP contribution in [0.15, 0.2) is 28.8 Å². The van der Waals surface area contributed by atoms with Crippen molar-refractivity contribution >= 4 is 11.6 Å². The SMILES string of the molecule is C[C@@H](N)c1nc(Cc2ccccc2Cl)no1. The van der Waals surface area contributed by atoms with Crippen molar-refractivity contribution in [3.63, 3.8) is 0 Å². The van der Waals surface area contributed by atoms with E-state index in [1.165, 1.54) is 0 Å². The predicted octanol–water partition coefficient (Wildman–Crippen LogP) is 2.33. The molecule has 1 heterocycles. The topological polar surface area (TPSA) is 64.9 Å². The van der Waals surface area contributed by atoms with Crippen molar-refractivity contribution in [2.45, 2.75) is 19.4 Å². The summed E-state index contributed by atoms with van der Waals surface area (Å²) in [6.07, 6.45) is 0.551. The van der Waals surface area contributed by atoms with E-state index in [-0.39, 0.29) is 6.04 Å². The summed E-state index contributed by atoms with van der Waals surface area (Å²) in [6, 6.07) is 7.34. The maximum atomic E-state index is 6.03. The van der Waals surface area contributed by atoms with Crippen LogP contribution in [0, 0.1) is 0 Å². The van der Waals surface area contributed by atoms with Gasteiger partial charge < -0.3 is 10.3 Å². The molecular weight excluding hydrogens is 226 g/mol. The molecule has 1 aromatic heterocycles. The third-order valence-electron chi connectivity index (χ3n) is 2.18. The lowest BCUT2D eigenvalue weighted by molar-refractivity contribution is 0.358. The first kappa shape index (κ1) is 11.1. The van der Waals surface area contributed by atoms with Gasteiger partial charge >= 0.3 is 0 Å². The lowest BCUT2D eigenvalue weighted by Gasteiger charge is -1.99. The molecule has 0 aliphatic rings. The van der Waals surface area contributed by atoms with E-state index in [0.717, 1.165) is 5.56 Å². The fraction of sp³-hybridized carbons (Fsp3) is 0.273. The summed E-state index contributed by atoms with van der Waals surface area (Å²) in [5.74, 6) is 1.04. The van der Waals surface area contributed by atoms with Gasteiger partial charge in [-0.15, -0.1) is 0 Å². The summed E-state index contributed by atoms with van der Waals surface area (Å²) in [5.41, 5.74) is 6.60. The molecule has 5 heteroatoms. The van der Waals surface area contributed by atoms with Crippen molar-refractivity contribution in [3.05, 3.63) is 46.6 Å². The molecule has 1 aromatic carbocycles. The monoisotopic (exact) mass is 237 g/mol. The molecule has 2 aromatic rings. The normalized spacial score (nSPS) is 12.7. The predicted molar refractivity (Wildman–Crippen MR) is 61.2 cm³/mol. The Kier molecular flexibility index (Phi) is 3.22. The first-order valence-corrected chi connectivity index (χ1v) is 5.36. The van der Waals surface area contributed by atoms with E-state index in [2.05, 4.69) is 10.1 Å². The van der Waals surface area contributed by atoms with Gasteiger partial charge in [0.2, 0.25) is 5.89 Å². The summed E-state index contributed by atoms with van der Waals surface area (Å²) < 4.78 is 5.01. The van der Waals surface area contributed by atoms with Crippen LogP contribution in [0.3, 0.4) is 0 Å². The van der Waals surface area contributed by atoms with Crippen molar-refractivity contribution in [1.82, 2.24) is 10.1 Å². The number of halogens is 1. The molecule has 84 valence electrons. The Morgan fingerprint density at radius 3 is 2.81 bits per heavy atom. The lowest BCUT2D eigenvalue weighted by atomic mass is 10.1. The minimum Gasteiger partial charge on any atom is -0.338 e. The lowest BCUT2D eigenvalue weighted by Crippen LogP contribution is -2.05. The second kappa shape index (κ2) is 4.63. The largest absolute Gasteiger partial charge is 0.338 e. The van der Waals surface area contributed by atoms with Gasteiger partial charge in [0.05, 0.1) is 6.04 Å². The summed E-state index contributed by atoms with van der Waals surface area (Å²) >= 11 is 6.03. The zero-order chi connectivity index (χ0) is 11.5. The van der Waals surface area contributed by atoms with Crippen LogP contribution in [-0.2, 0) is 6.42 Å². The van der Waals surface area contributed by atoms with Crippen molar-refractivity contribution in [2.75, 3.05) is 0 Å². The Balaban J connectivity index is 2.18. The Labute approximate surface area is 98.4 Å².